The van der Waals surface area contributed by atoms with Crippen LogP contribution < -0.4 is 10.6 Å². The third kappa shape index (κ3) is 3.57. The molecule has 1 atom stereocenters. The van der Waals surface area contributed by atoms with E-state index in [0.29, 0.717) is 40.0 Å². The van der Waals surface area contributed by atoms with E-state index in [0.717, 1.165) is 4.88 Å². The fourth-order valence-corrected chi connectivity index (χ4v) is 4.27. The van der Waals surface area contributed by atoms with Crippen molar-refractivity contribution in [2.75, 3.05) is 17.2 Å². The lowest BCUT2D eigenvalue weighted by molar-refractivity contribution is 0.0532. The maximum Gasteiger partial charge on any atom is 0.348 e. The summed E-state index contributed by atoms with van der Waals surface area (Å²) in [6.45, 7) is 3.99. The molecule has 0 radical (unpaired) electrons. The molecule has 3 heterocycles. The predicted molar refractivity (Wildman–Crippen MR) is 118 cm³/mol. The van der Waals surface area contributed by atoms with Gasteiger partial charge in [0.2, 0.25) is 0 Å². The number of nitrogens with zero attached hydrogens (tertiary/aromatic N) is 3. The Labute approximate surface area is 177 Å². The number of aromatic nitrogens is 1. The lowest BCUT2D eigenvalue weighted by Gasteiger charge is -2.33. The molecule has 8 heteroatoms. The molecule has 0 fully saturated rings. The molecule has 7 nitrogen and oxygen atoms in total. The van der Waals surface area contributed by atoms with Crippen LogP contribution in [0.3, 0.4) is 0 Å². The number of carbonyl (C=O) groups excluding carboxylic acids is 2. The maximum absolute atomic E-state index is 13.4. The van der Waals surface area contributed by atoms with Gasteiger partial charge in [0.1, 0.15) is 4.88 Å². The summed E-state index contributed by atoms with van der Waals surface area (Å²) >= 11 is 1.29. The molecule has 2 aromatic heterocycles. The number of nitrogen functional groups attached to an aromatic ring is 1. The minimum absolute atomic E-state index is 0.175. The van der Waals surface area contributed by atoms with Crippen molar-refractivity contribution in [3.05, 3.63) is 70.0 Å². The van der Waals surface area contributed by atoms with Crippen LogP contribution in [0.25, 0.3) is 0 Å². The van der Waals surface area contributed by atoms with Crippen LogP contribution in [0, 0.1) is 0 Å². The molecular weight excluding hydrogens is 400 g/mol. The molecule has 0 bridgehead atoms. The monoisotopic (exact) mass is 420 g/mol. The minimum atomic E-state index is -0.369. The summed E-state index contributed by atoms with van der Waals surface area (Å²) in [5.41, 5.74) is 8.18. The first-order chi connectivity index (χ1) is 14.5. The van der Waals surface area contributed by atoms with Gasteiger partial charge in [0.25, 0.3) is 5.91 Å². The molecule has 1 aromatic carbocycles. The molecule has 1 aliphatic heterocycles. The number of hydrogen-bond acceptors (Lipinski definition) is 7. The number of ether oxygens (including phenoxy) is 1. The number of anilines is 2. The smallest absolute Gasteiger partial charge is 0.348 e. The highest BCUT2D eigenvalue weighted by Gasteiger charge is 2.34. The Balaban J connectivity index is 1.75. The van der Waals surface area contributed by atoms with Crippen molar-refractivity contribution in [3.8, 4) is 0 Å². The summed E-state index contributed by atoms with van der Waals surface area (Å²) in [6.07, 6.45) is 1.64. The van der Waals surface area contributed by atoms with Gasteiger partial charge in [0, 0.05) is 17.4 Å². The van der Waals surface area contributed by atoms with Crippen molar-refractivity contribution >= 4 is 46.1 Å². The summed E-state index contributed by atoms with van der Waals surface area (Å²) < 4.78 is 5.08. The second-order valence-corrected chi connectivity index (χ2v) is 7.78. The molecule has 1 aliphatic rings. The Kier molecular flexibility index (Phi) is 5.33. The first-order valence-electron chi connectivity index (χ1n) is 9.49. The van der Waals surface area contributed by atoms with Crippen molar-refractivity contribution in [1.82, 2.24) is 4.98 Å². The quantitative estimate of drug-likeness (QED) is 0.507. The lowest BCUT2D eigenvalue weighted by atomic mass is 10.0. The fraction of sp³-hybridized carbons (Fsp3) is 0.182. The van der Waals surface area contributed by atoms with E-state index in [1.165, 1.54) is 11.3 Å². The van der Waals surface area contributed by atoms with Crippen LogP contribution in [0.5, 0.6) is 0 Å². The number of hydrogen-bond donors (Lipinski definition) is 1. The molecular formula is C22H20N4O3S. The van der Waals surface area contributed by atoms with E-state index in [9.17, 15) is 9.59 Å². The van der Waals surface area contributed by atoms with Crippen molar-refractivity contribution in [1.29, 1.82) is 0 Å². The zero-order valence-corrected chi connectivity index (χ0v) is 17.3. The second-order valence-electron chi connectivity index (χ2n) is 6.70. The Hall–Kier alpha value is -3.52. The van der Waals surface area contributed by atoms with Gasteiger partial charge in [0.15, 0.2) is 5.82 Å². The number of aliphatic imine (C=N–C) groups is 1. The van der Waals surface area contributed by atoms with E-state index in [-0.39, 0.29) is 17.9 Å². The predicted octanol–water partition coefficient (Wildman–Crippen LogP) is 4.07. The zero-order chi connectivity index (χ0) is 21.3. The van der Waals surface area contributed by atoms with Crippen molar-refractivity contribution < 1.29 is 14.3 Å². The second kappa shape index (κ2) is 8.08. The molecule has 1 amide bonds. The average molecular weight is 420 g/mol. The average Bonchev–Trinajstić information content (AvgIpc) is 3.24. The molecule has 152 valence electrons. The lowest BCUT2D eigenvalue weighted by Crippen LogP contribution is -2.45. The molecule has 0 spiro atoms. The Morgan fingerprint density at radius 2 is 1.93 bits per heavy atom. The first-order valence-corrected chi connectivity index (χ1v) is 10.3. The number of fused-ring (bicyclic) bond motifs is 1. The van der Waals surface area contributed by atoms with Crippen LogP contribution in [0.15, 0.2) is 59.7 Å². The van der Waals surface area contributed by atoms with Crippen LogP contribution >= 0.6 is 11.3 Å². The third-order valence-corrected chi connectivity index (χ3v) is 5.83. The number of thiophene rings is 1. The van der Waals surface area contributed by atoms with Gasteiger partial charge < -0.3 is 10.5 Å². The zero-order valence-electron chi connectivity index (χ0n) is 16.5. The van der Waals surface area contributed by atoms with Gasteiger partial charge in [-0.15, -0.1) is 11.3 Å². The van der Waals surface area contributed by atoms with Gasteiger partial charge in [-0.1, -0.05) is 0 Å². The van der Waals surface area contributed by atoms with Gasteiger partial charge >= 0.3 is 5.97 Å². The highest BCUT2D eigenvalue weighted by molar-refractivity contribution is 7.16. The maximum atomic E-state index is 13.4. The van der Waals surface area contributed by atoms with Crippen LogP contribution in [0.4, 0.5) is 17.2 Å². The third-order valence-electron chi connectivity index (χ3n) is 4.75. The van der Waals surface area contributed by atoms with Crippen molar-refractivity contribution in [2.24, 2.45) is 4.99 Å². The number of carbonyl (C=O) groups is 2. The van der Waals surface area contributed by atoms with Gasteiger partial charge in [0.05, 0.1) is 28.9 Å². The Morgan fingerprint density at radius 1 is 1.17 bits per heavy atom. The summed E-state index contributed by atoms with van der Waals surface area (Å²) in [4.78, 5) is 37.5. The van der Waals surface area contributed by atoms with E-state index >= 15 is 0 Å². The van der Waals surface area contributed by atoms with E-state index in [4.69, 9.17) is 15.5 Å². The van der Waals surface area contributed by atoms with E-state index in [2.05, 4.69) is 4.98 Å². The number of benzene rings is 1. The number of amides is 1. The Morgan fingerprint density at radius 3 is 2.67 bits per heavy atom. The Bertz CT molecular complexity index is 1140. The number of rotatable bonds is 4. The van der Waals surface area contributed by atoms with Gasteiger partial charge in [-0.3, -0.25) is 9.69 Å². The van der Waals surface area contributed by atoms with Gasteiger partial charge in [-0.25, -0.2) is 14.8 Å². The molecule has 0 unspecified atom stereocenters. The molecule has 0 saturated heterocycles. The molecule has 0 saturated carbocycles. The normalized spacial score (nSPS) is 15.3. The van der Waals surface area contributed by atoms with Crippen LogP contribution in [0.2, 0.25) is 0 Å². The van der Waals surface area contributed by atoms with Crippen molar-refractivity contribution in [2.45, 2.75) is 19.9 Å². The SMILES string of the molecule is CCOC(=O)c1ccc(C2=Nc3ncccc3N(C(=O)c3ccc(N)cc3)[C@@H]2C)s1. The summed E-state index contributed by atoms with van der Waals surface area (Å²) in [7, 11) is 0. The molecule has 3 aromatic rings. The van der Waals surface area contributed by atoms with E-state index in [1.54, 1.807) is 54.4 Å². The largest absolute Gasteiger partial charge is 0.462 e. The standard InChI is InChI=1S/C22H20N4O3S/c1-3-29-22(28)18-11-10-17(30-18)19-13(2)26(16-5-4-12-24-20(16)25-19)21(27)14-6-8-15(23)9-7-14/h4-13H,3,23H2,1-2H3/t13-/m1/s1. The van der Waals surface area contributed by atoms with Crippen molar-refractivity contribution in [3.63, 3.8) is 0 Å². The molecule has 30 heavy (non-hydrogen) atoms. The van der Waals surface area contributed by atoms with Crippen LogP contribution in [-0.4, -0.2) is 35.2 Å². The number of esters is 1. The number of pyridine rings is 1. The van der Waals surface area contributed by atoms with Gasteiger partial charge in [-0.2, -0.15) is 0 Å². The van der Waals surface area contributed by atoms with Crippen LogP contribution in [0.1, 0.15) is 38.8 Å². The first kappa shape index (κ1) is 19.8. The van der Waals surface area contributed by atoms with Crippen LogP contribution in [-0.2, 0) is 4.74 Å². The summed E-state index contributed by atoms with van der Waals surface area (Å²) in [5, 5.41) is 0. The fourth-order valence-electron chi connectivity index (χ4n) is 3.30. The molecule has 2 N–H and O–H groups in total. The molecule has 4 rings (SSSR count). The van der Waals surface area contributed by atoms with Gasteiger partial charge in [-0.05, 0) is 62.4 Å². The topological polar surface area (TPSA) is 97.9 Å². The van der Waals surface area contributed by atoms with E-state index in [1.807, 2.05) is 19.1 Å². The number of nitrogens with two attached hydrogens (primary N) is 1. The van der Waals surface area contributed by atoms with E-state index < -0.39 is 0 Å². The summed E-state index contributed by atoms with van der Waals surface area (Å²) in [5.74, 6) is -0.0852. The highest BCUT2D eigenvalue weighted by atomic mass is 32.1. The minimum Gasteiger partial charge on any atom is -0.462 e. The highest BCUT2D eigenvalue weighted by Crippen LogP contribution is 2.36. The molecule has 0 aliphatic carbocycles. The summed E-state index contributed by atoms with van der Waals surface area (Å²) in [6, 6.07) is 13.6.